The van der Waals surface area contributed by atoms with Crippen molar-refractivity contribution in [3.63, 3.8) is 0 Å². The van der Waals surface area contributed by atoms with E-state index >= 15 is 0 Å². The minimum absolute atomic E-state index is 0.0108. The first-order chi connectivity index (χ1) is 12.2. The van der Waals surface area contributed by atoms with Gasteiger partial charge in [-0.05, 0) is 50.5 Å². The zero-order valence-electron chi connectivity index (χ0n) is 15.4. The molecule has 0 aliphatic carbocycles. The highest BCUT2D eigenvalue weighted by atomic mass is 32.2. The summed E-state index contributed by atoms with van der Waals surface area (Å²) in [5.41, 5.74) is 2.35. The van der Waals surface area contributed by atoms with Crippen molar-refractivity contribution in [1.29, 1.82) is 0 Å². The molecular weight excluding hydrogens is 374 g/mol. The Morgan fingerprint density at radius 1 is 1.27 bits per heavy atom. The lowest BCUT2D eigenvalue weighted by molar-refractivity contribution is -0.150. The molecule has 1 aliphatic rings. The first kappa shape index (κ1) is 20.8. The minimum atomic E-state index is -3.07. The number of nitrogens with zero attached hydrogens (tertiary/aromatic N) is 1. The average Bonchev–Trinajstić information content (AvgIpc) is 2.94. The number of esters is 1. The van der Waals surface area contributed by atoms with Crippen LogP contribution in [-0.4, -0.2) is 61.6 Å². The number of amides is 1. The molecule has 0 radical (unpaired) electrons. The number of ether oxygens (including phenoxy) is 1. The van der Waals surface area contributed by atoms with E-state index in [4.69, 9.17) is 4.74 Å². The van der Waals surface area contributed by atoms with E-state index in [9.17, 15) is 18.0 Å². The van der Waals surface area contributed by atoms with E-state index < -0.39 is 15.8 Å². The summed E-state index contributed by atoms with van der Waals surface area (Å²) in [4.78, 5) is 26.6. The van der Waals surface area contributed by atoms with Crippen molar-refractivity contribution >= 4 is 33.5 Å². The molecule has 1 aromatic carbocycles. The molecule has 8 heteroatoms. The predicted octanol–water partition coefficient (Wildman–Crippen LogP) is 1.97. The van der Waals surface area contributed by atoms with Crippen LogP contribution >= 0.6 is 11.8 Å². The van der Waals surface area contributed by atoms with Gasteiger partial charge in [-0.1, -0.05) is 6.07 Å². The SMILES string of the molecule is CCN(C(=O)COC(=O)CSc1ccc(C)c(C)c1)[C@@H]1CCS(=O)(=O)C1. The molecular formula is C18H25NO5S2. The maximum absolute atomic E-state index is 12.3. The van der Waals surface area contributed by atoms with Crippen LogP contribution in [0, 0.1) is 13.8 Å². The summed E-state index contributed by atoms with van der Waals surface area (Å²) < 4.78 is 28.3. The van der Waals surface area contributed by atoms with Crippen LogP contribution in [0.2, 0.25) is 0 Å². The molecule has 0 unspecified atom stereocenters. The van der Waals surface area contributed by atoms with Crippen LogP contribution in [0.5, 0.6) is 0 Å². The van der Waals surface area contributed by atoms with Crippen LogP contribution in [0.3, 0.4) is 0 Å². The lowest BCUT2D eigenvalue weighted by Crippen LogP contribution is -2.43. The number of hydrogen-bond donors (Lipinski definition) is 0. The Morgan fingerprint density at radius 2 is 2.00 bits per heavy atom. The summed E-state index contributed by atoms with van der Waals surface area (Å²) >= 11 is 1.36. The number of hydrogen-bond acceptors (Lipinski definition) is 6. The summed E-state index contributed by atoms with van der Waals surface area (Å²) in [6.07, 6.45) is 0.443. The largest absolute Gasteiger partial charge is 0.455 e. The molecule has 0 saturated carbocycles. The first-order valence-corrected chi connectivity index (χ1v) is 11.4. The second kappa shape index (κ2) is 8.90. The van der Waals surface area contributed by atoms with Gasteiger partial charge in [-0.25, -0.2) is 8.42 Å². The van der Waals surface area contributed by atoms with Crippen LogP contribution in [0.25, 0.3) is 0 Å². The zero-order valence-corrected chi connectivity index (χ0v) is 17.0. The Hall–Kier alpha value is -1.54. The van der Waals surface area contributed by atoms with Crippen molar-refractivity contribution in [3.8, 4) is 0 Å². The van der Waals surface area contributed by atoms with Gasteiger partial charge in [0.05, 0.1) is 17.3 Å². The Balaban J connectivity index is 1.80. The van der Waals surface area contributed by atoms with Gasteiger partial charge in [0.25, 0.3) is 5.91 Å². The number of carbonyl (C=O) groups is 2. The van der Waals surface area contributed by atoms with E-state index in [0.29, 0.717) is 13.0 Å². The summed E-state index contributed by atoms with van der Waals surface area (Å²) in [5.74, 6) is -0.590. The third-order valence-electron chi connectivity index (χ3n) is 4.50. The van der Waals surface area contributed by atoms with Gasteiger partial charge in [-0.2, -0.15) is 0 Å². The molecule has 6 nitrogen and oxygen atoms in total. The maximum Gasteiger partial charge on any atom is 0.316 e. The van der Waals surface area contributed by atoms with E-state index in [-0.39, 0.29) is 35.8 Å². The predicted molar refractivity (Wildman–Crippen MR) is 102 cm³/mol. The quantitative estimate of drug-likeness (QED) is 0.515. The van der Waals surface area contributed by atoms with Crippen molar-refractivity contribution in [1.82, 2.24) is 4.90 Å². The molecule has 0 aromatic heterocycles. The number of thioether (sulfide) groups is 1. The van der Waals surface area contributed by atoms with Gasteiger partial charge in [0, 0.05) is 17.5 Å². The van der Waals surface area contributed by atoms with E-state index in [1.807, 2.05) is 32.0 Å². The van der Waals surface area contributed by atoms with Crippen molar-refractivity contribution in [2.45, 2.75) is 38.1 Å². The summed E-state index contributed by atoms with van der Waals surface area (Å²) in [7, 11) is -3.07. The summed E-state index contributed by atoms with van der Waals surface area (Å²) in [6, 6.07) is 5.64. The zero-order chi connectivity index (χ0) is 19.3. The maximum atomic E-state index is 12.3. The second-order valence-electron chi connectivity index (χ2n) is 6.43. The van der Waals surface area contributed by atoms with Gasteiger partial charge in [0.1, 0.15) is 0 Å². The normalized spacial score (nSPS) is 18.5. The lowest BCUT2D eigenvalue weighted by atomic mass is 10.1. The Kier molecular flexibility index (Phi) is 7.11. The number of sulfone groups is 1. The molecule has 1 amide bonds. The van der Waals surface area contributed by atoms with E-state index in [1.54, 1.807) is 6.92 Å². The molecule has 0 spiro atoms. The van der Waals surface area contributed by atoms with Gasteiger partial charge < -0.3 is 9.64 Å². The van der Waals surface area contributed by atoms with Crippen molar-refractivity contribution in [2.24, 2.45) is 0 Å². The Morgan fingerprint density at radius 3 is 2.58 bits per heavy atom. The van der Waals surface area contributed by atoms with Gasteiger partial charge in [-0.15, -0.1) is 11.8 Å². The van der Waals surface area contributed by atoms with Crippen molar-refractivity contribution < 1.29 is 22.7 Å². The van der Waals surface area contributed by atoms with Crippen LogP contribution in [0.1, 0.15) is 24.5 Å². The van der Waals surface area contributed by atoms with Crippen LogP contribution in [0.15, 0.2) is 23.1 Å². The molecule has 0 N–H and O–H groups in total. The fourth-order valence-electron chi connectivity index (χ4n) is 2.87. The van der Waals surface area contributed by atoms with E-state index in [2.05, 4.69) is 0 Å². The molecule has 1 heterocycles. The molecule has 0 bridgehead atoms. The smallest absolute Gasteiger partial charge is 0.316 e. The molecule has 1 saturated heterocycles. The van der Waals surface area contributed by atoms with Gasteiger partial charge >= 0.3 is 5.97 Å². The topological polar surface area (TPSA) is 80.8 Å². The standard InChI is InChI=1S/C18H25NO5S2/c1-4-19(15-7-8-26(22,23)12-15)17(20)10-24-18(21)11-25-16-6-5-13(2)14(3)9-16/h5-6,9,15H,4,7-8,10-12H2,1-3H3/t15-/m1/s1. The molecule has 2 rings (SSSR count). The third kappa shape index (κ3) is 5.74. The molecule has 26 heavy (non-hydrogen) atoms. The number of benzene rings is 1. The molecule has 1 fully saturated rings. The minimum Gasteiger partial charge on any atom is -0.455 e. The van der Waals surface area contributed by atoms with Gasteiger partial charge in [0.2, 0.25) is 0 Å². The lowest BCUT2D eigenvalue weighted by Gasteiger charge is -2.26. The van der Waals surface area contributed by atoms with Gasteiger partial charge in [0.15, 0.2) is 16.4 Å². The van der Waals surface area contributed by atoms with Crippen molar-refractivity contribution in [3.05, 3.63) is 29.3 Å². The fraction of sp³-hybridized carbons (Fsp3) is 0.556. The first-order valence-electron chi connectivity index (χ1n) is 8.57. The monoisotopic (exact) mass is 399 g/mol. The fourth-order valence-corrected chi connectivity index (χ4v) is 5.40. The van der Waals surface area contributed by atoms with Crippen LogP contribution in [0.4, 0.5) is 0 Å². The molecule has 1 aromatic rings. The number of carbonyl (C=O) groups excluding carboxylic acids is 2. The van der Waals surface area contributed by atoms with Crippen molar-refractivity contribution in [2.75, 3.05) is 30.4 Å². The van der Waals surface area contributed by atoms with E-state index in [0.717, 1.165) is 10.5 Å². The average molecular weight is 400 g/mol. The summed E-state index contributed by atoms with van der Waals surface area (Å²) in [6.45, 7) is 5.88. The highest BCUT2D eigenvalue weighted by molar-refractivity contribution is 8.00. The van der Waals surface area contributed by atoms with Crippen LogP contribution < -0.4 is 0 Å². The highest BCUT2D eigenvalue weighted by Gasteiger charge is 2.34. The van der Waals surface area contributed by atoms with Crippen LogP contribution in [-0.2, 0) is 24.2 Å². The Bertz CT molecular complexity index is 776. The Labute approximate surface area is 159 Å². The number of likely N-dealkylation sites (N-methyl/N-ethyl adjacent to an activating group) is 1. The number of rotatable bonds is 7. The molecule has 144 valence electrons. The number of aryl methyl sites for hydroxylation is 2. The summed E-state index contributed by atoms with van der Waals surface area (Å²) in [5, 5.41) is 0. The van der Waals surface area contributed by atoms with Gasteiger partial charge in [-0.3, -0.25) is 9.59 Å². The third-order valence-corrected chi connectivity index (χ3v) is 7.22. The highest BCUT2D eigenvalue weighted by Crippen LogP contribution is 2.21. The molecule has 1 atom stereocenters. The second-order valence-corrected chi connectivity index (χ2v) is 9.71. The molecule has 1 aliphatic heterocycles. The van der Waals surface area contributed by atoms with E-state index in [1.165, 1.54) is 22.2 Å².